The Bertz CT molecular complexity index is 948. The minimum absolute atomic E-state index is 0.355. The minimum atomic E-state index is 0.355. The zero-order valence-electron chi connectivity index (χ0n) is 18.2. The molecule has 0 fully saturated rings. The highest BCUT2D eigenvalue weighted by molar-refractivity contribution is 5.69. The van der Waals surface area contributed by atoms with E-state index in [9.17, 15) is 0 Å². The van der Waals surface area contributed by atoms with Gasteiger partial charge in [0.15, 0.2) is 0 Å². The van der Waals surface area contributed by atoms with E-state index in [2.05, 4.69) is 98.5 Å². The van der Waals surface area contributed by atoms with Crippen LogP contribution in [0.3, 0.4) is 0 Å². The molecule has 0 amide bonds. The third kappa shape index (κ3) is 6.30. The molecule has 0 saturated heterocycles. The van der Waals surface area contributed by atoms with Crippen LogP contribution in [0, 0.1) is 0 Å². The molecule has 0 saturated carbocycles. The predicted octanol–water partition coefficient (Wildman–Crippen LogP) is 7.66. The molecule has 1 nitrogen and oxygen atoms in total. The van der Waals surface area contributed by atoms with Crippen LogP contribution in [0.2, 0.25) is 0 Å². The molecule has 0 N–H and O–H groups in total. The molecule has 0 aliphatic heterocycles. The number of allylic oxidation sites excluding steroid dienone is 1. The van der Waals surface area contributed by atoms with Crippen molar-refractivity contribution in [1.29, 1.82) is 0 Å². The first kappa shape index (κ1) is 21.8. The largest absolute Gasteiger partial charge is 0.380 e. The van der Waals surface area contributed by atoms with Crippen molar-refractivity contribution in [2.24, 2.45) is 0 Å². The summed E-state index contributed by atoms with van der Waals surface area (Å²) in [6.45, 7) is 6.70. The summed E-state index contributed by atoms with van der Waals surface area (Å²) in [4.78, 5) is 0. The Morgan fingerprint density at radius 3 is 2.13 bits per heavy atom. The average molecular weight is 397 g/mol. The van der Waals surface area contributed by atoms with E-state index in [1.54, 1.807) is 7.11 Å². The highest BCUT2D eigenvalue weighted by Crippen LogP contribution is 2.25. The van der Waals surface area contributed by atoms with Crippen molar-refractivity contribution in [3.8, 4) is 0 Å². The fourth-order valence-corrected chi connectivity index (χ4v) is 3.65. The summed E-state index contributed by atoms with van der Waals surface area (Å²) in [5.74, 6) is 0.355. The fourth-order valence-electron chi connectivity index (χ4n) is 3.65. The molecule has 0 bridgehead atoms. The molecule has 30 heavy (non-hydrogen) atoms. The van der Waals surface area contributed by atoms with Crippen LogP contribution in [0.1, 0.15) is 59.1 Å². The summed E-state index contributed by atoms with van der Waals surface area (Å²) in [7, 11) is 1.74. The van der Waals surface area contributed by atoms with Gasteiger partial charge in [-0.15, -0.1) is 6.58 Å². The van der Waals surface area contributed by atoms with Gasteiger partial charge in [0.2, 0.25) is 0 Å². The van der Waals surface area contributed by atoms with Gasteiger partial charge in [-0.25, -0.2) is 0 Å². The van der Waals surface area contributed by atoms with Crippen molar-refractivity contribution in [2.75, 3.05) is 7.11 Å². The Hall–Kier alpha value is -2.90. The number of aryl methyl sites for hydroxylation is 1. The van der Waals surface area contributed by atoms with Crippen LogP contribution in [-0.2, 0) is 17.8 Å². The van der Waals surface area contributed by atoms with Crippen molar-refractivity contribution in [2.45, 2.75) is 38.7 Å². The third-order valence-electron chi connectivity index (χ3n) is 5.52. The second-order valence-electron chi connectivity index (χ2n) is 7.82. The first-order chi connectivity index (χ1) is 14.7. The van der Waals surface area contributed by atoms with Crippen molar-refractivity contribution in [1.82, 2.24) is 0 Å². The molecule has 154 valence electrons. The zero-order chi connectivity index (χ0) is 21.2. The standard InChI is InChI=1S/C29H32O/c1-4-5-6-8-24-11-13-25(14-12-24)15-16-26-17-19-28(20-18-26)23(2)29-10-7-9-27(21-29)22-30-3/h4,7,9-21,23H,1,5-6,8,22H2,2-3H3/b16-15+. The van der Waals surface area contributed by atoms with Gasteiger partial charge >= 0.3 is 0 Å². The van der Waals surface area contributed by atoms with Gasteiger partial charge in [-0.1, -0.05) is 97.9 Å². The van der Waals surface area contributed by atoms with Gasteiger partial charge in [0.1, 0.15) is 0 Å². The van der Waals surface area contributed by atoms with E-state index in [4.69, 9.17) is 4.74 Å². The Morgan fingerprint density at radius 1 is 0.833 bits per heavy atom. The Morgan fingerprint density at radius 2 is 1.50 bits per heavy atom. The van der Waals surface area contributed by atoms with Gasteiger partial charge in [-0.2, -0.15) is 0 Å². The average Bonchev–Trinajstić information content (AvgIpc) is 2.79. The van der Waals surface area contributed by atoms with Crippen LogP contribution in [-0.4, -0.2) is 7.11 Å². The third-order valence-corrected chi connectivity index (χ3v) is 5.52. The number of rotatable bonds is 10. The predicted molar refractivity (Wildman–Crippen MR) is 130 cm³/mol. The molecule has 1 heteroatoms. The SMILES string of the molecule is C=CCCCc1ccc(/C=C/c2ccc(C(C)c3cccc(COC)c3)cc2)cc1. The van der Waals surface area contributed by atoms with Gasteiger partial charge in [0.05, 0.1) is 6.61 Å². The quantitative estimate of drug-likeness (QED) is 0.194. The molecule has 0 aliphatic carbocycles. The van der Waals surface area contributed by atoms with E-state index in [0.717, 1.165) is 12.8 Å². The van der Waals surface area contributed by atoms with Crippen LogP contribution >= 0.6 is 0 Å². The molecule has 1 unspecified atom stereocenters. The lowest BCUT2D eigenvalue weighted by Gasteiger charge is -2.14. The van der Waals surface area contributed by atoms with Crippen LogP contribution in [0.5, 0.6) is 0 Å². The minimum Gasteiger partial charge on any atom is -0.380 e. The summed E-state index contributed by atoms with van der Waals surface area (Å²) in [6, 6.07) is 26.4. The number of hydrogen-bond acceptors (Lipinski definition) is 1. The maximum Gasteiger partial charge on any atom is 0.0713 e. The molecular weight excluding hydrogens is 364 g/mol. The first-order valence-electron chi connectivity index (χ1n) is 10.8. The molecule has 3 rings (SSSR count). The number of methoxy groups -OCH3 is 1. The van der Waals surface area contributed by atoms with Crippen molar-refractivity contribution < 1.29 is 4.74 Å². The second kappa shape index (κ2) is 11.3. The Balaban J connectivity index is 1.62. The van der Waals surface area contributed by atoms with E-state index < -0.39 is 0 Å². The molecule has 0 aliphatic rings. The normalized spacial score (nSPS) is 12.2. The Labute approximate surface area is 181 Å². The molecule has 1 atom stereocenters. The fraction of sp³-hybridized carbons (Fsp3) is 0.241. The number of ether oxygens (including phenoxy) is 1. The van der Waals surface area contributed by atoms with E-state index in [0.29, 0.717) is 12.5 Å². The maximum absolute atomic E-state index is 5.26. The van der Waals surface area contributed by atoms with Crippen LogP contribution in [0.25, 0.3) is 12.2 Å². The molecule has 0 heterocycles. The van der Waals surface area contributed by atoms with E-state index >= 15 is 0 Å². The lowest BCUT2D eigenvalue weighted by Crippen LogP contribution is -1.98. The summed E-state index contributed by atoms with van der Waals surface area (Å²) in [5.41, 5.74) is 7.70. The molecule has 0 aromatic heterocycles. The highest BCUT2D eigenvalue weighted by atomic mass is 16.5. The molecular formula is C29H32O. The topological polar surface area (TPSA) is 9.23 Å². The Kier molecular flexibility index (Phi) is 8.23. The lowest BCUT2D eigenvalue weighted by molar-refractivity contribution is 0.185. The van der Waals surface area contributed by atoms with Gasteiger partial charge in [-0.05, 0) is 52.6 Å². The first-order valence-corrected chi connectivity index (χ1v) is 10.8. The van der Waals surface area contributed by atoms with Crippen LogP contribution in [0.4, 0.5) is 0 Å². The van der Waals surface area contributed by atoms with Crippen LogP contribution < -0.4 is 0 Å². The van der Waals surface area contributed by atoms with Crippen molar-refractivity contribution >= 4 is 12.2 Å². The summed E-state index contributed by atoms with van der Waals surface area (Å²) < 4.78 is 5.26. The highest BCUT2D eigenvalue weighted by Gasteiger charge is 2.08. The van der Waals surface area contributed by atoms with Gasteiger partial charge < -0.3 is 4.74 Å². The summed E-state index contributed by atoms with van der Waals surface area (Å²) >= 11 is 0. The van der Waals surface area contributed by atoms with Gasteiger partial charge in [0, 0.05) is 13.0 Å². The second-order valence-corrected chi connectivity index (χ2v) is 7.82. The zero-order valence-corrected chi connectivity index (χ0v) is 18.2. The summed E-state index contributed by atoms with van der Waals surface area (Å²) in [6.07, 6.45) is 9.71. The maximum atomic E-state index is 5.26. The lowest BCUT2D eigenvalue weighted by atomic mass is 9.91. The van der Waals surface area contributed by atoms with E-state index in [1.165, 1.54) is 39.8 Å². The number of hydrogen-bond donors (Lipinski definition) is 0. The van der Waals surface area contributed by atoms with E-state index in [1.807, 2.05) is 6.08 Å². The number of benzene rings is 3. The summed E-state index contributed by atoms with van der Waals surface area (Å²) in [5, 5.41) is 0. The van der Waals surface area contributed by atoms with Gasteiger partial charge in [-0.3, -0.25) is 0 Å². The molecule has 3 aromatic rings. The monoisotopic (exact) mass is 396 g/mol. The molecule has 3 aromatic carbocycles. The van der Waals surface area contributed by atoms with Crippen molar-refractivity contribution in [3.63, 3.8) is 0 Å². The van der Waals surface area contributed by atoms with Crippen molar-refractivity contribution in [3.05, 3.63) is 119 Å². The smallest absolute Gasteiger partial charge is 0.0713 e. The van der Waals surface area contributed by atoms with Crippen LogP contribution in [0.15, 0.2) is 85.5 Å². The molecule has 0 radical (unpaired) electrons. The molecule has 0 spiro atoms. The van der Waals surface area contributed by atoms with E-state index in [-0.39, 0.29) is 0 Å². The number of unbranched alkanes of at least 4 members (excludes halogenated alkanes) is 1. The van der Waals surface area contributed by atoms with Gasteiger partial charge in [0.25, 0.3) is 0 Å².